The molecule has 7 nitrogen and oxygen atoms in total. The van der Waals surface area contributed by atoms with Crippen LogP contribution in [0.5, 0.6) is 0 Å². The molecule has 3 N–H and O–H groups in total. The van der Waals surface area contributed by atoms with E-state index in [-0.39, 0.29) is 12.5 Å². The van der Waals surface area contributed by atoms with Crippen LogP contribution in [-0.4, -0.2) is 65.9 Å². The molecule has 3 heterocycles. The van der Waals surface area contributed by atoms with Gasteiger partial charge in [-0.25, -0.2) is 0 Å². The average molecular weight is 307 g/mol. The highest BCUT2D eigenvalue weighted by molar-refractivity contribution is 5.96. The summed E-state index contributed by atoms with van der Waals surface area (Å²) < 4.78 is 10.5. The number of aliphatic hydroxyl groups is 1. The highest BCUT2D eigenvalue weighted by atomic mass is 16.5. The van der Waals surface area contributed by atoms with Crippen LogP contribution < -0.4 is 5.32 Å². The number of morpholine rings is 1. The standard InChI is InChI=1S/C15H21N3O4/c1-15(20,10-18-3-6-21-7-4-18)9-16-14(19)12-8-13-11(17-12)2-5-22-13/h2,5,8,17,20H,3-4,6-7,9-10H2,1H3,(H,16,19). The lowest BCUT2D eigenvalue weighted by Crippen LogP contribution is -2.51. The van der Waals surface area contributed by atoms with E-state index in [1.165, 1.54) is 0 Å². The first-order chi connectivity index (χ1) is 10.5. The van der Waals surface area contributed by atoms with E-state index in [1.54, 1.807) is 25.3 Å². The molecular formula is C15H21N3O4. The van der Waals surface area contributed by atoms with Crippen molar-refractivity contribution in [1.29, 1.82) is 0 Å². The molecule has 2 aromatic heterocycles. The molecule has 22 heavy (non-hydrogen) atoms. The number of carbonyl (C=O) groups excluding carboxylic acids is 1. The predicted octanol–water partition coefficient (Wildman–Crippen LogP) is 0.574. The molecule has 0 radical (unpaired) electrons. The number of fused-ring (bicyclic) bond motifs is 1. The molecule has 0 aliphatic carbocycles. The third-order valence-corrected chi connectivity index (χ3v) is 3.78. The fraction of sp³-hybridized carbons (Fsp3) is 0.533. The predicted molar refractivity (Wildman–Crippen MR) is 80.8 cm³/mol. The summed E-state index contributed by atoms with van der Waals surface area (Å²) in [5.41, 5.74) is 0.866. The number of aromatic amines is 1. The minimum atomic E-state index is -0.987. The van der Waals surface area contributed by atoms with E-state index >= 15 is 0 Å². The van der Waals surface area contributed by atoms with Crippen LogP contribution in [0.4, 0.5) is 0 Å². The molecule has 1 unspecified atom stereocenters. The number of amides is 1. The van der Waals surface area contributed by atoms with Gasteiger partial charge in [0.1, 0.15) is 5.69 Å². The normalized spacial score (nSPS) is 19.2. The Balaban J connectivity index is 1.53. The van der Waals surface area contributed by atoms with Crippen molar-refractivity contribution in [3.05, 3.63) is 24.1 Å². The number of ether oxygens (including phenoxy) is 1. The molecule has 1 fully saturated rings. The quantitative estimate of drug-likeness (QED) is 0.751. The van der Waals surface area contributed by atoms with Crippen molar-refractivity contribution in [2.75, 3.05) is 39.4 Å². The molecule has 0 spiro atoms. The van der Waals surface area contributed by atoms with E-state index in [1.807, 2.05) is 0 Å². The molecule has 1 atom stereocenters. The molecule has 3 rings (SSSR count). The third kappa shape index (κ3) is 3.49. The Morgan fingerprint density at radius 3 is 3.00 bits per heavy atom. The van der Waals surface area contributed by atoms with Gasteiger partial charge in [-0.05, 0) is 6.92 Å². The van der Waals surface area contributed by atoms with Gasteiger partial charge < -0.3 is 24.6 Å². The molecular weight excluding hydrogens is 286 g/mol. The van der Waals surface area contributed by atoms with Gasteiger partial charge in [0, 0.05) is 38.3 Å². The summed E-state index contributed by atoms with van der Waals surface area (Å²) in [6.45, 7) is 5.39. The van der Waals surface area contributed by atoms with Gasteiger partial charge in [0.15, 0.2) is 5.58 Å². The topological polar surface area (TPSA) is 90.7 Å². The van der Waals surface area contributed by atoms with E-state index in [0.29, 0.717) is 31.0 Å². The third-order valence-electron chi connectivity index (χ3n) is 3.78. The minimum absolute atomic E-state index is 0.184. The fourth-order valence-corrected chi connectivity index (χ4v) is 2.63. The van der Waals surface area contributed by atoms with Gasteiger partial charge in [0.05, 0.1) is 30.6 Å². The zero-order chi connectivity index (χ0) is 15.6. The maximum absolute atomic E-state index is 12.1. The van der Waals surface area contributed by atoms with Crippen molar-refractivity contribution in [3.8, 4) is 0 Å². The molecule has 2 aromatic rings. The van der Waals surface area contributed by atoms with Crippen molar-refractivity contribution < 1.29 is 19.1 Å². The summed E-state index contributed by atoms with van der Waals surface area (Å²) in [4.78, 5) is 17.2. The van der Waals surface area contributed by atoms with E-state index in [4.69, 9.17) is 9.15 Å². The Hall–Kier alpha value is -1.83. The maximum Gasteiger partial charge on any atom is 0.267 e. The van der Waals surface area contributed by atoms with Crippen molar-refractivity contribution in [2.45, 2.75) is 12.5 Å². The Bertz CT molecular complexity index is 612. The Kier molecular flexibility index (Phi) is 4.19. The Morgan fingerprint density at radius 2 is 2.27 bits per heavy atom. The van der Waals surface area contributed by atoms with Crippen LogP contribution in [0, 0.1) is 0 Å². The molecule has 1 saturated heterocycles. The number of nitrogens with one attached hydrogen (secondary N) is 2. The second kappa shape index (κ2) is 6.12. The molecule has 1 aliphatic heterocycles. The van der Waals surface area contributed by atoms with E-state index in [2.05, 4.69) is 15.2 Å². The second-order valence-electron chi connectivity index (χ2n) is 5.95. The van der Waals surface area contributed by atoms with Gasteiger partial charge in [0.2, 0.25) is 0 Å². The van der Waals surface area contributed by atoms with Crippen LogP contribution in [0.25, 0.3) is 11.1 Å². The maximum atomic E-state index is 12.1. The SMILES string of the molecule is CC(O)(CNC(=O)c1cc2occc2[nH]1)CN1CCOCC1. The molecule has 1 amide bonds. The number of aromatic nitrogens is 1. The zero-order valence-corrected chi connectivity index (χ0v) is 12.6. The lowest BCUT2D eigenvalue weighted by Gasteiger charge is -2.33. The highest BCUT2D eigenvalue weighted by Gasteiger charge is 2.26. The monoisotopic (exact) mass is 307 g/mol. The number of hydrogen-bond donors (Lipinski definition) is 3. The lowest BCUT2D eigenvalue weighted by molar-refractivity contribution is -0.0213. The number of carbonyl (C=O) groups is 1. The smallest absolute Gasteiger partial charge is 0.267 e. The first-order valence-electron chi connectivity index (χ1n) is 7.40. The number of hydrogen-bond acceptors (Lipinski definition) is 5. The molecule has 0 bridgehead atoms. The number of nitrogens with zero attached hydrogens (tertiary/aromatic N) is 1. The van der Waals surface area contributed by atoms with Crippen LogP contribution in [0.2, 0.25) is 0 Å². The van der Waals surface area contributed by atoms with Gasteiger partial charge in [-0.2, -0.15) is 0 Å². The summed E-state index contributed by atoms with van der Waals surface area (Å²) in [5.74, 6) is -0.256. The number of rotatable bonds is 5. The van der Waals surface area contributed by atoms with Crippen molar-refractivity contribution in [1.82, 2.24) is 15.2 Å². The van der Waals surface area contributed by atoms with E-state index < -0.39 is 5.60 Å². The van der Waals surface area contributed by atoms with Crippen molar-refractivity contribution in [2.24, 2.45) is 0 Å². The van der Waals surface area contributed by atoms with E-state index in [0.717, 1.165) is 18.6 Å². The van der Waals surface area contributed by atoms with Crippen LogP contribution in [-0.2, 0) is 4.74 Å². The number of β-amino-alcohol motifs (C(OH)–C–C–N with tert-alkyl or cyclic N) is 1. The summed E-state index contributed by atoms with van der Waals surface area (Å²) in [5, 5.41) is 13.2. The van der Waals surface area contributed by atoms with Gasteiger partial charge in [-0.1, -0.05) is 0 Å². The zero-order valence-electron chi connectivity index (χ0n) is 12.6. The van der Waals surface area contributed by atoms with Gasteiger partial charge in [0.25, 0.3) is 5.91 Å². The molecule has 0 aromatic carbocycles. The molecule has 7 heteroatoms. The summed E-state index contributed by atoms with van der Waals surface area (Å²) >= 11 is 0. The summed E-state index contributed by atoms with van der Waals surface area (Å²) in [7, 11) is 0. The van der Waals surface area contributed by atoms with Crippen LogP contribution in [0.1, 0.15) is 17.4 Å². The van der Waals surface area contributed by atoms with Crippen LogP contribution >= 0.6 is 0 Å². The van der Waals surface area contributed by atoms with Gasteiger partial charge in [-0.3, -0.25) is 9.69 Å². The van der Waals surface area contributed by atoms with Crippen molar-refractivity contribution >= 4 is 17.0 Å². The summed E-state index contributed by atoms with van der Waals surface area (Å²) in [6, 6.07) is 3.42. The molecule has 0 saturated carbocycles. The van der Waals surface area contributed by atoms with Gasteiger partial charge in [-0.15, -0.1) is 0 Å². The minimum Gasteiger partial charge on any atom is -0.463 e. The van der Waals surface area contributed by atoms with Crippen LogP contribution in [0.3, 0.4) is 0 Å². The first-order valence-corrected chi connectivity index (χ1v) is 7.40. The highest BCUT2D eigenvalue weighted by Crippen LogP contribution is 2.16. The Labute approximate surface area is 128 Å². The average Bonchev–Trinajstić information content (AvgIpc) is 3.06. The largest absolute Gasteiger partial charge is 0.463 e. The Morgan fingerprint density at radius 1 is 1.50 bits per heavy atom. The number of furan rings is 1. The van der Waals surface area contributed by atoms with Gasteiger partial charge >= 0.3 is 0 Å². The lowest BCUT2D eigenvalue weighted by atomic mass is 10.1. The second-order valence-corrected chi connectivity index (χ2v) is 5.95. The first kappa shape index (κ1) is 15.1. The van der Waals surface area contributed by atoms with E-state index in [9.17, 15) is 9.90 Å². The molecule has 120 valence electrons. The molecule has 1 aliphatic rings. The number of H-pyrrole nitrogens is 1. The van der Waals surface area contributed by atoms with Crippen molar-refractivity contribution in [3.63, 3.8) is 0 Å². The fourth-order valence-electron chi connectivity index (χ4n) is 2.63. The summed E-state index contributed by atoms with van der Waals surface area (Å²) in [6.07, 6.45) is 1.57. The van der Waals surface area contributed by atoms with Crippen LogP contribution in [0.15, 0.2) is 22.8 Å².